The van der Waals surface area contributed by atoms with Crippen LogP contribution in [-0.4, -0.2) is 47.6 Å². The van der Waals surface area contributed by atoms with Gasteiger partial charge in [0.15, 0.2) is 0 Å². The van der Waals surface area contributed by atoms with Gasteiger partial charge < -0.3 is 19.1 Å². The van der Waals surface area contributed by atoms with Crippen LogP contribution in [0.2, 0.25) is 0 Å². The van der Waals surface area contributed by atoms with Crippen molar-refractivity contribution in [3.05, 3.63) is 95.7 Å². The Morgan fingerprint density at radius 2 is 1.91 bits per heavy atom. The molecule has 2 heterocycles. The Balaban J connectivity index is 1.33. The first kappa shape index (κ1) is 22.2. The molecule has 1 N–H and O–H groups in total. The molecule has 7 heteroatoms. The maximum Gasteiger partial charge on any atom is 0.145 e. The number of halogens is 1. The minimum atomic E-state index is -0.679. The average Bonchev–Trinajstić information content (AvgIpc) is 3.47. The Kier molecular flexibility index (Phi) is 7.66. The SMILES string of the molecule is O[C@H](COCc1ccco1)CN(Cc1ccccc1)C[C@@H]1CC(c2ccccc2F)=NO1. The van der Waals surface area contributed by atoms with Gasteiger partial charge in [-0.2, -0.15) is 0 Å². The number of ether oxygens (including phenoxy) is 1. The minimum absolute atomic E-state index is 0.189. The van der Waals surface area contributed by atoms with Crippen LogP contribution in [-0.2, 0) is 22.7 Å². The fourth-order valence-electron chi connectivity index (χ4n) is 3.75. The highest BCUT2D eigenvalue weighted by Crippen LogP contribution is 2.20. The first-order valence-corrected chi connectivity index (χ1v) is 10.7. The summed E-state index contributed by atoms with van der Waals surface area (Å²) in [5.74, 6) is 0.413. The van der Waals surface area contributed by atoms with E-state index < -0.39 is 6.10 Å². The Hall–Kier alpha value is -3.00. The van der Waals surface area contributed by atoms with Gasteiger partial charge in [-0.15, -0.1) is 0 Å². The highest BCUT2D eigenvalue weighted by atomic mass is 19.1. The van der Waals surface area contributed by atoms with Gasteiger partial charge in [-0.1, -0.05) is 53.7 Å². The first-order chi connectivity index (χ1) is 15.7. The number of aliphatic hydroxyl groups is 1. The number of rotatable bonds is 11. The molecule has 0 saturated carbocycles. The topological polar surface area (TPSA) is 67.4 Å². The molecule has 1 aromatic heterocycles. The Morgan fingerprint density at radius 1 is 1.09 bits per heavy atom. The summed E-state index contributed by atoms with van der Waals surface area (Å²) < 4.78 is 24.9. The van der Waals surface area contributed by atoms with Gasteiger partial charge in [0.05, 0.1) is 24.7 Å². The van der Waals surface area contributed by atoms with Gasteiger partial charge in [-0.25, -0.2) is 4.39 Å². The molecule has 4 rings (SSSR count). The normalized spacial score (nSPS) is 16.7. The second-order valence-corrected chi connectivity index (χ2v) is 7.88. The Bertz CT molecular complexity index is 994. The lowest BCUT2D eigenvalue weighted by Crippen LogP contribution is -2.39. The van der Waals surface area contributed by atoms with E-state index in [1.54, 1.807) is 30.5 Å². The molecule has 32 heavy (non-hydrogen) atoms. The summed E-state index contributed by atoms with van der Waals surface area (Å²) in [5.41, 5.74) is 2.20. The van der Waals surface area contributed by atoms with Crippen LogP contribution < -0.4 is 0 Å². The predicted octanol–water partition coefficient (Wildman–Crippen LogP) is 3.99. The van der Waals surface area contributed by atoms with E-state index in [4.69, 9.17) is 14.0 Å². The van der Waals surface area contributed by atoms with Gasteiger partial charge in [0, 0.05) is 31.6 Å². The van der Waals surface area contributed by atoms with E-state index in [1.165, 1.54) is 6.07 Å². The molecule has 0 aliphatic carbocycles. The van der Waals surface area contributed by atoms with Crippen LogP contribution >= 0.6 is 0 Å². The molecule has 0 saturated heterocycles. The summed E-state index contributed by atoms with van der Waals surface area (Å²) in [6.45, 7) is 2.10. The van der Waals surface area contributed by atoms with E-state index in [0.29, 0.717) is 43.9 Å². The van der Waals surface area contributed by atoms with Crippen molar-refractivity contribution in [2.45, 2.75) is 31.8 Å². The van der Waals surface area contributed by atoms with Gasteiger partial charge in [0.2, 0.25) is 0 Å². The number of aliphatic hydroxyl groups excluding tert-OH is 1. The lowest BCUT2D eigenvalue weighted by molar-refractivity contribution is -0.00955. The highest BCUT2D eigenvalue weighted by molar-refractivity contribution is 6.01. The monoisotopic (exact) mass is 438 g/mol. The Morgan fingerprint density at radius 3 is 2.69 bits per heavy atom. The third kappa shape index (κ3) is 6.26. The smallest absolute Gasteiger partial charge is 0.145 e. The number of oxime groups is 1. The first-order valence-electron chi connectivity index (χ1n) is 10.7. The molecular weight excluding hydrogens is 411 g/mol. The van der Waals surface area contributed by atoms with Gasteiger partial charge in [-0.3, -0.25) is 4.90 Å². The van der Waals surface area contributed by atoms with Crippen molar-refractivity contribution in [3.63, 3.8) is 0 Å². The highest BCUT2D eigenvalue weighted by Gasteiger charge is 2.27. The van der Waals surface area contributed by atoms with Gasteiger partial charge in [-0.05, 0) is 23.8 Å². The third-order valence-corrected chi connectivity index (χ3v) is 5.23. The number of nitrogens with zero attached hydrogens (tertiary/aromatic N) is 2. The van der Waals surface area contributed by atoms with Crippen LogP contribution in [0.1, 0.15) is 23.3 Å². The molecule has 3 aromatic rings. The summed E-state index contributed by atoms with van der Waals surface area (Å²) in [6, 6.07) is 20.2. The van der Waals surface area contributed by atoms with Crippen LogP contribution in [0.5, 0.6) is 0 Å². The van der Waals surface area contributed by atoms with E-state index >= 15 is 0 Å². The van der Waals surface area contributed by atoms with Gasteiger partial charge in [0.25, 0.3) is 0 Å². The molecule has 0 spiro atoms. The van der Waals surface area contributed by atoms with Crippen molar-refractivity contribution >= 4 is 5.71 Å². The fraction of sp³-hybridized carbons (Fsp3) is 0.320. The molecule has 2 aromatic carbocycles. The molecule has 0 fully saturated rings. The van der Waals surface area contributed by atoms with Crippen molar-refractivity contribution in [2.24, 2.45) is 5.16 Å². The number of hydrogen-bond donors (Lipinski definition) is 1. The van der Waals surface area contributed by atoms with Gasteiger partial charge >= 0.3 is 0 Å². The van der Waals surface area contributed by atoms with Crippen LogP contribution in [0.3, 0.4) is 0 Å². The quantitative estimate of drug-likeness (QED) is 0.490. The second-order valence-electron chi connectivity index (χ2n) is 7.88. The molecule has 1 aliphatic heterocycles. The van der Waals surface area contributed by atoms with E-state index in [2.05, 4.69) is 10.1 Å². The summed E-state index contributed by atoms with van der Waals surface area (Å²) in [7, 11) is 0. The number of hydrogen-bond acceptors (Lipinski definition) is 6. The average molecular weight is 438 g/mol. The fourth-order valence-corrected chi connectivity index (χ4v) is 3.75. The zero-order valence-corrected chi connectivity index (χ0v) is 17.8. The molecule has 168 valence electrons. The van der Waals surface area contributed by atoms with E-state index in [9.17, 15) is 9.50 Å². The summed E-state index contributed by atoms with van der Waals surface area (Å²) in [5, 5.41) is 14.7. The van der Waals surface area contributed by atoms with Crippen molar-refractivity contribution in [3.8, 4) is 0 Å². The minimum Gasteiger partial charge on any atom is -0.467 e. The standard InChI is InChI=1S/C25H27FN2O4/c26-24-11-5-4-10-23(24)25-13-22(32-27-25)16-28(14-19-7-2-1-3-8-19)15-20(29)17-30-18-21-9-6-12-31-21/h1-12,20,22,29H,13-18H2/t20-,22-/m0/s1. The zero-order chi connectivity index (χ0) is 22.2. The third-order valence-electron chi connectivity index (χ3n) is 5.23. The van der Waals surface area contributed by atoms with Crippen LogP contribution in [0.25, 0.3) is 0 Å². The summed E-state index contributed by atoms with van der Waals surface area (Å²) >= 11 is 0. The second kappa shape index (κ2) is 11.0. The molecule has 0 unspecified atom stereocenters. The molecule has 0 radical (unpaired) electrons. The molecule has 2 atom stereocenters. The van der Waals surface area contributed by atoms with Crippen LogP contribution in [0.15, 0.2) is 82.6 Å². The van der Waals surface area contributed by atoms with E-state index in [-0.39, 0.29) is 18.5 Å². The molecule has 6 nitrogen and oxygen atoms in total. The van der Waals surface area contributed by atoms with Crippen molar-refractivity contribution in [1.29, 1.82) is 0 Å². The van der Waals surface area contributed by atoms with Crippen LogP contribution in [0.4, 0.5) is 4.39 Å². The molecule has 0 amide bonds. The summed E-state index contributed by atoms with van der Waals surface area (Å²) in [4.78, 5) is 7.72. The maximum absolute atomic E-state index is 14.1. The van der Waals surface area contributed by atoms with Crippen molar-refractivity contribution < 1.29 is 23.5 Å². The molecular formula is C25H27FN2O4. The van der Waals surface area contributed by atoms with E-state index in [0.717, 1.165) is 11.3 Å². The molecule has 1 aliphatic rings. The van der Waals surface area contributed by atoms with Crippen molar-refractivity contribution in [1.82, 2.24) is 4.90 Å². The predicted molar refractivity (Wildman–Crippen MR) is 119 cm³/mol. The Labute approximate surface area is 186 Å². The lowest BCUT2D eigenvalue weighted by atomic mass is 10.0. The van der Waals surface area contributed by atoms with Crippen LogP contribution in [0, 0.1) is 5.82 Å². The zero-order valence-electron chi connectivity index (χ0n) is 17.8. The largest absolute Gasteiger partial charge is 0.467 e. The number of furan rings is 1. The lowest BCUT2D eigenvalue weighted by Gasteiger charge is -2.27. The van der Waals surface area contributed by atoms with E-state index in [1.807, 2.05) is 36.4 Å². The summed E-state index contributed by atoms with van der Waals surface area (Å²) in [6.07, 6.45) is 1.21. The maximum atomic E-state index is 14.1. The van der Waals surface area contributed by atoms with Crippen molar-refractivity contribution in [2.75, 3.05) is 19.7 Å². The molecule has 0 bridgehead atoms. The number of benzene rings is 2. The van der Waals surface area contributed by atoms with Gasteiger partial charge in [0.1, 0.15) is 24.3 Å².